The van der Waals surface area contributed by atoms with Crippen LogP contribution in [0.25, 0.3) is 0 Å². The first-order valence-electron chi connectivity index (χ1n) is 6.12. The van der Waals surface area contributed by atoms with Crippen molar-refractivity contribution < 1.29 is 14.4 Å². The SMILES string of the molecule is CC(=O)N1CC(N2C(=O)c3cc(Cl)cc(N)c3C2=O)C1. The van der Waals surface area contributed by atoms with E-state index in [9.17, 15) is 14.4 Å². The van der Waals surface area contributed by atoms with Crippen LogP contribution in [-0.2, 0) is 4.79 Å². The van der Waals surface area contributed by atoms with Crippen LogP contribution in [0.1, 0.15) is 27.6 Å². The van der Waals surface area contributed by atoms with Crippen LogP contribution in [0.2, 0.25) is 5.02 Å². The van der Waals surface area contributed by atoms with Gasteiger partial charge in [0.05, 0.1) is 17.2 Å². The number of imide groups is 1. The minimum Gasteiger partial charge on any atom is -0.398 e. The molecule has 2 heterocycles. The van der Waals surface area contributed by atoms with Gasteiger partial charge >= 0.3 is 0 Å². The van der Waals surface area contributed by atoms with Crippen molar-refractivity contribution in [2.24, 2.45) is 0 Å². The second kappa shape index (κ2) is 4.21. The van der Waals surface area contributed by atoms with Crippen LogP contribution in [-0.4, -0.2) is 46.7 Å². The highest BCUT2D eigenvalue weighted by Gasteiger charge is 2.46. The zero-order valence-corrected chi connectivity index (χ0v) is 11.5. The first kappa shape index (κ1) is 12.9. The van der Waals surface area contributed by atoms with Gasteiger partial charge in [-0.3, -0.25) is 19.3 Å². The molecule has 20 heavy (non-hydrogen) atoms. The molecule has 2 aliphatic rings. The number of fused-ring (bicyclic) bond motifs is 1. The summed E-state index contributed by atoms with van der Waals surface area (Å²) in [6.07, 6.45) is 0. The minimum atomic E-state index is -0.410. The van der Waals surface area contributed by atoms with Crippen molar-refractivity contribution in [3.05, 3.63) is 28.3 Å². The molecule has 2 N–H and O–H groups in total. The summed E-state index contributed by atoms with van der Waals surface area (Å²) in [5, 5.41) is 0.322. The van der Waals surface area contributed by atoms with E-state index in [1.165, 1.54) is 24.0 Å². The Kier molecular flexibility index (Phi) is 2.72. The van der Waals surface area contributed by atoms with Crippen molar-refractivity contribution in [2.75, 3.05) is 18.8 Å². The highest BCUT2D eigenvalue weighted by molar-refractivity contribution is 6.33. The van der Waals surface area contributed by atoms with Gasteiger partial charge in [0.15, 0.2) is 0 Å². The lowest BCUT2D eigenvalue weighted by molar-refractivity contribution is -0.134. The van der Waals surface area contributed by atoms with Crippen LogP contribution in [0, 0.1) is 0 Å². The maximum Gasteiger partial charge on any atom is 0.264 e. The number of nitrogens with zero attached hydrogens (tertiary/aromatic N) is 2. The molecule has 0 bridgehead atoms. The Bertz CT molecular complexity index is 653. The Labute approximate surface area is 120 Å². The Hall–Kier alpha value is -2.08. The number of halogens is 1. The third kappa shape index (κ3) is 1.68. The van der Waals surface area contributed by atoms with E-state index in [2.05, 4.69) is 0 Å². The predicted molar refractivity (Wildman–Crippen MR) is 72.4 cm³/mol. The number of hydrogen-bond acceptors (Lipinski definition) is 4. The Morgan fingerprint density at radius 1 is 1.30 bits per heavy atom. The number of carbonyl (C=O) groups is 3. The molecule has 3 rings (SSSR count). The molecule has 0 radical (unpaired) electrons. The molecule has 3 amide bonds. The molecule has 1 aromatic rings. The third-order valence-corrected chi connectivity index (χ3v) is 3.91. The third-order valence-electron chi connectivity index (χ3n) is 3.69. The summed E-state index contributed by atoms with van der Waals surface area (Å²) in [4.78, 5) is 38.6. The molecule has 7 heteroatoms. The number of nitrogens with two attached hydrogens (primary N) is 1. The smallest absolute Gasteiger partial charge is 0.264 e. The van der Waals surface area contributed by atoms with E-state index in [0.29, 0.717) is 18.1 Å². The average molecular weight is 294 g/mol. The second-order valence-electron chi connectivity index (χ2n) is 4.98. The van der Waals surface area contributed by atoms with Crippen molar-refractivity contribution in [1.29, 1.82) is 0 Å². The predicted octanol–water partition coefficient (Wildman–Crippen LogP) is 0.749. The molecular weight excluding hydrogens is 282 g/mol. The van der Waals surface area contributed by atoms with Crippen molar-refractivity contribution >= 4 is 35.0 Å². The van der Waals surface area contributed by atoms with Crippen molar-refractivity contribution in [3.8, 4) is 0 Å². The number of rotatable bonds is 1. The molecule has 1 aromatic carbocycles. The van der Waals surface area contributed by atoms with Crippen LogP contribution < -0.4 is 5.73 Å². The van der Waals surface area contributed by atoms with E-state index in [-0.39, 0.29) is 28.8 Å². The summed E-state index contributed by atoms with van der Waals surface area (Å²) in [5.74, 6) is -0.875. The van der Waals surface area contributed by atoms with Crippen LogP contribution in [0.5, 0.6) is 0 Å². The molecule has 0 aliphatic carbocycles. The number of carbonyl (C=O) groups excluding carboxylic acids is 3. The summed E-state index contributed by atoms with van der Waals surface area (Å²) in [5.41, 5.74) is 6.43. The van der Waals surface area contributed by atoms with Gasteiger partial charge < -0.3 is 10.6 Å². The zero-order chi connectivity index (χ0) is 14.6. The van der Waals surface area contributed by atoms with E-state index in [0.717, 1.165) is 0 Å². The first-order valence-corrected chi connectivity index (χ1v) is 6.50. The van der Waals surface area contributed by atoms with Gasteiger partial charge in [-0.2, -0.15) is 0 Å². The zero-order valence-electron chi connectivity index (χ0n) is 10.7. The van der Waals surface area contributed by atoms with E-state index in [1.54, 1.807) is 4.90 Å². The summed E-state index contributed by atoms with van der Waals surface area (Å²) < 4.78 is 0. The normalized spacial score (nSPS) is 18.3. The Balaban J connectivity index is 1.91. The number of amides is 3. The molecule has 0 aromatic heterocycles. The Morgan fingerprint density at radius 3 is 2.55 bits per heavy atom. The lowest BCUT2D eigenvalue weighted by atomic mass is 10.1. The molecule has 0 spiro atoms. The highest BCUT2D eigenvalue weighted by atomic mass is 35.5. The molecular formula is C13H12ClN3O3. The highest BCUT2D eigenvalue weighted by Crippen LogP contribution is 2.33. The molecule has 1 fully saturated rings. The fourth-order valence-electron chi connectivity index (χ4n) is 2.59. The second-order valence-corrected chi connectivity index (χ2v) is 5.41. The van der Waals surface area contributed by atoms with Crippen LogP contribution >= 0.6 is 11.6 Å². The van der Waals surface area contributed by atoms with Gasteiger partial charge in [-0.05, 0) is 12.1 Å². The maximum absolute atomic E-state index is 12.3. The van der Waals surface area contributed by atoms with Gasteiger partial charge in [-0.25, -0.2) is 0 Å². The molecule has 0 unspecified atom stereocenters. The van der Waals surface area contributed by atoms with Crippen LogP contribution in [0.3, 0.4) is 0 Å². The van der Waals surface area contributed by atoms with E-state index >= 15 is 0 Å². The average Bonchev–Trinajstić information content (AvgIpc) is 2.51. The molecule has 6 nitrogen and oxygen atoms in total. The lowest BCUT2D eigenvalue weighted by Gasteiger charge is -2.42. The van der Waals surface area contributed by atoms with Gasteiger partial charge in [0.2, 0.25) is 5.91 Å². The summed E-state index contributed by atoms with van der Waals surface area (Å²) in [6.45, 7) is 2.19. The van der Waals surface area contributed by atoms with Gasteiger partial charge in [-0.1, -0.05) is 11.6 Å². The van der Waals surface area contributed by atoms with Crippen molar-refractivity contribution in [1.82, 2.24) is 9.80 Å². The van der Waals surface area contributed by atoms with Gasteiger partial charge in [0, 0.05) is 30.7 Å². The van der Waals surface area contributed by atoms with E-state index in [1.807, 2.05) is 0 Å². The number of likely N-dealkylation sites (tertiary alicyclic amines) is 1. The van der Waals surface area contributed by atoms with E-state index < -0.39 is 11.8 Å². The number of anilines is 1. The standard InChI is InChI=1S/C13H12ClN3O3/c1-6(18)16-4-8(5-16)17-12(19)9-2-7(14)3-10(15)11(9)13(17)20/h2-3,8H,4-5,15H2,1H3. The van der Waals surface area contributed by atoms with Crippen LogP contribution in [0.15, 0.2) is 12.1 Å². The van der Waals surface area contributed by atoms with Gasteiger partial charge in [-0.15, -0.1) is 0 Å². The monoisotopic (exact) mass is 293 g/mol. The molecule has 0 saturated carbocycles. The van der Waals surface area contributed by atoms with Gasteiger partial charge in [0.25, 0.3) is 11.8 Å². The number of benzene rings is 1. The molecule has 1 saturated heterocycles. The maximum atomic E-state index is 12.3. The number of hydrogen-bond donors (Lipinski definition) is 1. The van der Waals surface area contributed by atoms with Crippen molar-refractivity contribution in [2.45, 2.75) is 13.0 Å². The lowest BCUT2D eigenvalue weighted by Crippen LogP contribution is -2.61. The minimum absolute atomic E-state index is 0.0691. The quantitative estimate of drug-likeness (QED) is 0.612. The fourth-order valence-corrected chi connectivity index (χ4v) is 2.81. The Morgan fingerprint density at radius 2 is 1.95 bits per heavy atom. The van der Waals surface area contributed by atoms with Gasteiger partial charge in [0.1, 0.15) is 0 Å². The number of nitrogen functional groups attached to an aromatic ring is 1. The summed E-state index contributed by atoms with van der Waals surface area (Å²) in [7, 11) is 0. The van der Waals surface area contributed by atoms with E-state index in [4.69, 9.17) is 17.3 Å². The molecule has 2 aliphatic heterocycles. The largest absolute Gasteiger partial charge is 0.398 e. The van der Waals surface area contributed by atoms with Crippen LogP contribution in [0.4, 0.5) is 5.69 Å². The summed E-state index contributed by atoms with van der Waals surface area (Å²) in [6, 6.07) is 2.62. The molecule has 104 valence electrons. The topological polar surface area (TPSA) is 83.7 Å². The summed E-state index contributed by atoms with van der Waals surface area (Å²) >= 11 is 5.87. The fraction of sp³-hybridized carbons (Fsp3) is 0.308. The molecule has 0 atom stereocenters. The van der Waals surface area contributed by atoms with Crippen molar-refractivity contribution in [3.63, 3.8) is 0 Å². The first-order chi connectivity index (χ1) is 9.40.